The van der Waals surface area contributed by atoms with Gasteiger partial charge in [-0.1, -0.05) is 41.9 Å². The van der Waals surface area contributed by atoms with Gasteiger partial charge >= 0.3 is 5.97 Å². The molecular formula is C13H17BrO3. The van der Waals surface area contributed by atoms with Crippen molar-refractivity contribution in [2.75, 3.05) is 7.11 Å². The van der Waals surface area contributed by atoms with Crippen molar-refractivity contribution >= 4 is 21.9 Å². The van der Waals surface area contributed by atoms with Crippen LogP contribution in [0.25, 0.3) is 0 Å². The van der Waals surface area contributed by atoms with Crippen LogP contribution in [0.4, 0.5) is 0 Å². The third kappa shape index (κ3) is 4.04. The van der Waals surface area contributed by atoms with Crippen LogP contribution in [0.3, 0.4) is 0 Å². The van der Waals surface area contributed by atoms with Crippen LogP contribution in [0.5, 0.6) is 5.75 Å². The second kappa shape index (κ2) is 6.64. The van der Waals surface area contributed by atoms with Crippen LogP contribution >= 0.6 is 15.9 Å². The predicted molar refractivity (Wildman–Crippen MR) is 70.3 cm³/mol. The van der Waals surface area contributed by atoms with Gasteiger partial charge < -0.3 is 9.47 Å². The van der Waals surface area contributed by atoms with Gasteiger partial charge in [0.25, 0.3) is 0 Å². The molecule has 1 atom stereocenters. The van der Waals surface area contributed by atoms with Crippen molar-refractivity contribution < 1.29 is 14.3 Å². The number of hydrogen-bond acceptors (Lipinski definition) is 3. The van der Waals surface area contributed by atoms with Gasteiger partial charge in [0.15, 0.2) is 6.10 Å². The number of benzene rings is 1. The first-order chi connectivity index (χ1) is 8.08. The Bertz CT molecular complexity index is 377. The maximum absolute atomic E-state index is 11.6. The van der Waals surface area contributed by atoms with E-state index >= 15 is 0 Å². The lowest BCUT2D eigenvalue weighted by Gasteiger charge is -2.20. The van der Waals surface area contributed by atoms with Crippen LogP contribution in [-0.4, -0.2) is 19.2 Å². The first-order valence-corrected chi connectivity index (χ1v) is 6.60. The largest absolute Gasteiger partial charge is 0.478 e. The summed E-state index contributed by atoms with van der Waals surface area (Å²) in [5, 5.41) is 0.759. The SMILES string of the molecule is COC(=O)C(Oc1cccc(CBr)c1)C(C)C. The number of carbonyl (C=O) groups excluding carboxylic acids is 1. The minimum Gasteiger partial charge on any atom is -0.478 e. The molecule has 0 saturated heterocycles. The average Bonchev–Trinajstić information content (AvgIpc) is 2.35. The third-order valence-corrected chi connectivity index (χ3v) is 3.00. The molecule has 0 fully saturated rings. The van der Waals surface area contributed by atoms with Crippen LogP contribution in [0.15, 0.2) is 24.3 Å². The van der Waals surface area contributed by atoms with Crippen molar-refractivity contribution in [1.29, 1.82) is 0 Å². The Balaban J connectivity index is 2.82. The molecule has 0 N–H and O–H groups in total. The van der Waals surface area contributed by atoms with Crippen LogP contribution in [-0.2, 0) is 14.9 Å². The molecule has 0 aromatic heterocycles. The molecule has 1 aromatic carbocycles. The minimum absolute atomic E-state index is 0.0649. The molecule has 0 spiro atoms. The Morgan fingerprint density at radius 2 is 2.12 bits per heavy atom. The van der Waals surface area contributed by atoms with Gasteiger partial charge in [-0.15, -0.1) is 0 Å². The molecule has 94 valence electrons. The summed E-state index contributed by atoms with van der Waals surface area (Å²) in [7, 11) is 1.37. The highest BCUT2D eigenvalue weighted by atomic mass is 79.9. The van der Waals surface area contributed by atoms with Crippen molar-refractivity contribution in [3.8, 4) is 5.75 Å². The van der Waals surface area contributed by atoms with Gasteiger partial charge in [0, 0.05) is 11.2 Å². The quantitative estimate of drug-likeness (QED) is 0.619. The number of alkyl halides is 1. The van der Waals surface area contributed by atoms with Crippen LogP contribution in [0.1, 0.15) is 19.4 Å². The molecule has 17 heavy (non-hydrogen) atoms. The van der Waals surface area contributed by atoms with E-state index in [0.717, 1.165) is 10.9 Å². The summed E-state index contributed by atoms with van der Waals surface area (Å²) in [4.78, 5) is 11.6. The van der Waals surface area contributed by atoms with Crippen molar-refractivity contribution in [3.05, 3.63) is 29.8 Å². The zero-order valence-corrected chi connectivity index (χ0v) is 11.9. The summed E-state index contributed by atoms with van der Waals surface area (Å²) in [5.74, 6) is 0.408. The number of carbonyl (C=O) groups is 1. The van der Waals surface area contributed by atoms with Gasteiger partial charge in [0.2, 0.25) is 0 Å². The van der Waals surface area contributed by atoms with Gasteiger partial charge in [-0.05, 0) is 17.7 Å². The molecule has 3 nitrogen and oxygen atoms in total. The number of rotatable bonds is 5. The highest BCUT2D eigenvalue weighted by Crippen LogP contribution is 2.19. The molecule has 0 radical (unpaired) electrons. The molecule has 0 aliphatic heterocycles. The predicted octanol–water partition coefficient (Wildman–Crippen LogP) is 3.16. The van der Waals surface area contributed by atoms with Crippen molar-refractivity contribution in [3.63, 3.8) is 0 Å². The van der Waals surface area contributed by atoms with Gasteiger partial charge in [0.1, 0.15) is 5.75 Å². The fourth-order valence-electron chi connectivity index (χ4n) is 1.42. The summed E-state index contributed by atoms with van der Waals surface area (Å²) in [5.41, 5.74) is 1.11. The summed E-state index contributed by atoms with van der Waals surface area (Å²) in [6.07, 6.45) is -0.564. The Morgan fingerprint density at radius 1 is 1.41 bits per heavy atom. The second-order valence-corrected chi connectivity index (χ2v) is 4.65. The highest BCUT2D eigenvalue weighted by Gasteiger charge is 2.24. The average molecular weight is 301 g/mol. The van der Waals surface area contributed by atoms with Crippen LogP contribution in [0, 0.1) is 5.92 Å². The first-order valence-electron chi connectivity index (χ1n) is 5.48. The van der Waals surface area contributed by atoms with Gasteiger partial charge in [-0.2, -0.15) is 0 Å². The summed E-state index contributed by atoms with van der Waals surface area (Å²) >= 11 is 3.38. The molecule has 0 saturated carbocycles. The molecule has 1 rings (SSSR count). The molecule has 0 bridgehead atoms. The maximum Gasteiger partial charge on any atom is 0.347 e. The lowest BCUT2D eigenvalue weighted by Crippen LogP contribution is -2.33. The van der Waals surface area contributed by atoms with E-state index in [0.29, 0.717) is 5.75 Å². The van der Waals surface area contributed by atoms with Crippen LogP contribution < -0.4 is 4.74 Å². The molecule has 0 amide bonds. The zero-order valence-electron chi connectivity index (χ0n) is 10.3. The molecule has 4 heteroatoms. The van der Waals surface area contributed by atoms with Crippen molar-refractivity contribution in [2.45, 2.75) is 25.3 Å². The van der Waals surface area contributed by atoms with E-state index in [2.05, 4.69) is 15.9 Å². The van der Waals surface area contributed by atoms with Crippen molar-refractivity contribution in [1.82, 2.24) is 0 Å². The Morgan fingerprint density at radius 3 is 2.65 bits per heavy atom. The normalized spacial score (nSPS) is 12.3. The fraction of sp³-hybridized carbons (Fsp3) is 0.462. The zero-order chi connectivity index (χ0) is 12.8. The summed E-state index contributed by atoms with van der Waals surface area (Å²) < 4.78 is 10.4. The van der Waals surface area contributed by atoms with Gasteiger partial charge in [0.05, 0.1) is 7.11 Å². The number of ether oxygens (including phenoxy) is 2. The molecular weight excluding hydrogens is 284 g/mol. The van der Waals surface area contributed by atoms with E-state index in [-0.39, 0.29) is 11.9 Å². The van der Waals surface area contributed by atoms with E-state index in [1.165, 1.54) is 7.11 Å². The van der Waals surface area contributed by atoms with E-state index in [4.69, 9.17) is 9.47 Å². The smallest absolute Gasteiger partial charge is 0.347 e. The fourth-order valence-corrected chi connectivity index (χ4v) is 1.77. The molecule has 0 aliphatic carbocycles. The molecule has 1 unspecified atom stereocenters. The number of halogens is 1. The summed E-state index contributed by atoms with van der Waals surface area (Å²) in [6, 6.07) is 7.64. The Kier molecular flexibility index (Phi) is 5.48. The maximum atomic E-state index is 11.6. The topological polar surface area (TPSA) is 35.5 Å². The van der Waals surface area contributed by atoms with Crippen molar-refractivity contribution in [2.24, 2.45) is 5.92 Å². The van der Waals surface area contributed by atoms with E-state index < -0.39 is 6.10 Å². The van der Waals surface area contributed by atoms with E-state index in [1.54, 1.807) is 0 Å². The lowest BCUT2D eigenvalue weighted by molar-refractivity contribution is -0.150. The third-order valence-electron chi connectivity index (χ3n) is 2.35. The summed E-state index contributed by atoms with van der Waals surface area (Å²) in [6.45, 7) is 3.85. The Hall–Kier alpha value is -1.03. The van der Waals surface area contributed by atoms with Crippen LogP contribution in [0.2, 0.25) is 0 Å². The first kappa shape index (κ1) is 14.0. The highest BCUT2D eigenvalue weighted by molar-refractivity contribution is 9.08. The number of esters is 1. The molecule has 0 aliphatic rings. The van der Waals surface area contributed by atoms with E-state index in [1.807, 2.05) is 38.1 Å². The van der Waals surface area contributed by atoms with E-state index in [9.17, 15) is 4.79 Å². The monoisotopic (exact) mass is 300 g/mol. The number of hydrogen-bond donors (Lipinski definition) is 0. The minimum atomic E-state index is -0.564. The lowest BCUT2D eigenvalue weighted by atomic mass is 10.1. The standard InChI is InChI=1S/C13H17BrO3/c1-9(2)12(13(15)16-3)17-11-6-4-5-10(7-11)8-14/h4-7,9,12H,8H2,1-3H3. The van der Waals surface area contributed by atoms with Gasteiger partial charge in [-0.3, -0.25) is 0 Å². The molecule has 1 aromatic rings. The Labute approximate surface area is 110 Å². The number of methoxy groups -OCH3 is 1. The van der Waals surface area contributed by atoms with Gasteiger partial charge in [-0.25, -0.2) is 4.79 Å². The second-order valence-electron chi connectivity index (χ2n) is 4.09. The molecule has 0 heterocycles.